The molecule has 2 atom stereocenters. The fraction of sp³-hybridized carbons (Fsp3) is 0.586. The third kappa shape index (κ3) is 8.85. The van der Waals surface area contributed by atoms with E-state index in [2.05, 4.69) is 0 Å². The van der Waals surface area contributed by atoms with E-state index in [9.17, 15) is 9.59 Å². The van der Waals surface area contributed by atoms with Gasteiger partial charge in [-0.3, -0.25) is 9.59 Å². The number of rotatable bonds is 7. The van der Waals surface area contributed by atoms with E-state index in [1.165, 1.54) is 6.26 Å². The maximum Gasteiger partial charge on any atom is 0.288 e. The van der Waals surface area contributed by atoms with Crippen molar-refractivity contribution < 1.29 is 42.7 Å². The number of aliphatic hydroxyl groups is 1. The van der Waals surface area contributed by atoms with Gasteiger partial charge in [0.2, 0.25) is 6.29 Å². The first kappa shape index (κ1) is 30.2. The second-order valence-electron chi connectivity index (χ2n) is 9.48. The summed E-state index contributed by atoms with van der Waals surface area (Å²) in [6, 6.07) is 7.06. The Morgan fingerprint density at radius 2 is 1.57 bits per heavy atom. The molecule has 1 aromatic carbocycles. The highest BCUT2D eigenvalue weighted by atomic mass is 16.7. The van der Waals surface area contributed by atoms with Crippen molar-refractivity contribution >= 4 is 16.9 Å². The Morgan fingerprint density at radius 3 is 2.25 bits per heavy atom. The number of allylic oxidation sites excluding steroid dienone is 1. The van der Waals surface area contributed by atoms with Gasteiger partial charge in [0.05, 0.1) is 71.1 Å². The van der Waals surface area contributed by atoms with Gasteiger partial charge in [-0.05, 0) is 31.1 Å². The minimum absolute atomic E-state index is 0.0661. The Morgan fingerprint density at radius 1 is 0.925 bits per heavy atom. The Balaban J connectivity index is 1.53. The van der Waals surface area contributed by atoms with E-state index in [0.29, 0.717) is 108 Å². The van der Waals surface area contributed by atoms with Crippen molar-refractivity contribution in [3.8, 4) is 0 Å². The molecule has 1 saturated heterocycles. The van der Waals surface area contributed by atoms with Gasteiger partial charge in [0.15, 0.2) is 11.2 Å². The average molecular weight is 562 g/mol. The molecule has 1 fully saturated rings. The number of aliphatic hydroxyl groups excluding tert-OH is 1. The van der Waals surface area contributed by atoms with E-state index in [-0.39, 0.29) is 23.7 Å². The second kappa shape index (κ2) is 16.5. The molecule has 3 heterocycles. The van der Waals surface area contributed by atoms with Gasteiger partial charge in [-0.1, -0.05) is 12.1 Å². The molecule has 0 spiro atoms. The van der Waals surface area contributed by atoms with Crippen LogP contribution in [0.1, 0.15) is 30.7 Å². The van der Waals surface area contributed by atoms with Gasteiger partial charge in [-0.2, -0.15) is 0 Å². The number of fused-ring (bicyclic) bond motifs is 1. The zero-order valence-electron chi connectivity index (χ0n) is 22.8. The van der Waals surface area contributed by atoms with Crippen LogP contribution in [0.3, 0.4) is 0 Å². The van der Waals surface area contributed by atoms with Gasteiger partial charge < -0.3 is 42.8 Å². The van der Waals surface area contributed by atoms with Gasteiger partial charge in [0.1, 0.15) is 5.58 Å². The van der Waals surface area contributed by atoms with Crippen LogP contribution in [0, 0.1) is 0 Å². The smallest absolute Gasteiger partial charge is 0.288 e. The predicted octanol–water partition coefficient (Wildman–Crippen LogP) is 2.20. The van der Waals surface area contributed by atoms with E-state index in [1.807, 2.05) is 6.07 Å². The number of carbonyl (C=O) groups is 1. The molecule has 1 amide bonds. The number of amides is 1. The molecule has 0 bridgehead atoms. The minimum Gasteiger partial charge on any atom is -0.464 e. The first-order valence-electron chi connectivity index (χ1n) is 13.9. The summed E-state index contributed by atoms with van der Waals surface area (Å²) in [5.74, 6) is -0.704. The Kier molecular flexibility index (Phi) is 12.4. The van der Waals surface area contributed by atoms with Crippen LogP contribution in [0.5, 0.6) is 0 Å². The molecular formula is C29H39NO10. The fourth-order valence-electron chi connectivity index (χ4n) is 4.49. The van der Waals surface area contributed by atoms with Crippen LogP contribution < -0.4 is 5.43 Å². The summed E-state index contributed by atoms with van der Waals surface area (Å²) < 4.78 is 40.0. The Hall–Kier alpha value is -2.80. The molecule has 4 rings (SSSR count). The van der Waals surface area contributed by atoms with Gasteiger partial charge in [0, 0.05) is 37.6 Å². The average Bonchev–Trinajstić information content (AvgIpc) is 2.99. The molecule has 0 aliphatic carbocycles. The van der Waals surface area contributed by atoms with Gasteiger partial charge >= 0.3 is 0 Å². The van der Waals surface area contributed by atoms with Crippen molar-refractivity contribution in [2.45, 2.75) is 31.5 Å². The molecule has 11 nitrogen and oxygen atoms in total. The van der Waals surface area contributed by atoms with E-state index in [0.717, 1.165) is 0 Å². The van der Waals surface area contributed by atoms with E-state index < -0.39 is 12.2 Å². The van der Waals surface area contributed by atoms with Crippen LogP contribution in [0.4, 0.5) is 0 Å². The SMILES string of the molecule is O=C(C1=C[C@@H](c2coc3ccccc3c2=O)C[C@@H](OCCCCO)O1)N1CCOCCOCCOCCOCC1. The van der Waals surface area contributed by atoms with Crippen LogP contribution in [-0.4, -0.2) is 101 Å². The van der Waals surface area contributed by atoms with Crippen molar-refractivity contribution in [1.82, 2.24) is 4.90 Å². The van der Waals surface area contributed by atoms with E-state index >= 15 is 0 Å². The normalized spacial score (nSPS) is 22.1. The fourth-order valence-corrected chi connectivity index (χ4v) is 4.49. The molecule has 1 aromatic heterocycles. The topological polar surface area (TPSA) is 126 Å². The molecule has 220 valence electrons. The largest absolute Gasteiger partial charge is 0.464 e. The summed E-state index contributed by atoms with van der Waals surface area (Å²) in [5.41, 5.74) is 0.772. The molecule has 0 radical (unpaired) electrons. The monoisotopic (exact) mass is 561 g/mol. The summed E-state index contributed by atoms with van der Waals surface area (Å²) in [4.78, 5) is 28.7. The zero-order chi connectivity index (χ0) is 28.0. The highest BCUT2D eigenvalue weighted by Crippen LogP contribution is 2.31. The zero-order valence-corrected chi connectivity index (χ0v) is 22.8. The maximum absolute atomic E-state index is 13.7. The maximum atomic E-state index is 13.7. The number of hydrogen-bond acceptors (Lipinski definition) is 10. The van der Waals surface area contributed by atoms with Crippen molar-refractivity contribution in [3.05, 3.63) is 58.2 Å². The lowest BCUT2D eigenvalue weighted by atomic mass is 9.93. The highest BCUT2D eigenvalue weighted by molar-refractivity contribution is 5.92. The predicted molar refractivity (Wildman–Crippen MR) is 145 cm³/mol. The van der Waals surface area contributed by atoms with Crippen molar-refractivity contribution in [1.29, 1.82) is 0 Å². The van der Waals surface area contributed by atoms with E-state index in [4.69, 9.17) is 37.9 Å². The molecule has 1 N–H and O–H groups in total. The highest BCUT2D eigenvalue weighted by Gasteiger charge is 2.32. The van der Waals surface area contributed by atoms with Crippen molar-refractivity contribution in [2.24, 2.45) is 0 Å². The lowest BCUT2D eigenvalue weighted by Gasteiger charge is -2.31. The number of hydrogen-bond donors (Lipinski definition) is 1. The lowest BCUT2D eigenvalue weighted by Crippen LogP contribution is -2.40. The molecule has 2 aliphatic rings. The number of benzene rings is 1. The molecule has 11 heteroatoms. The number of para-hydroxylation sites is 1. The summed E-state index contributed by atoms with van der Waals surface area (Å²) in [7, 11) is 0. The van der Waals surface area contributed by atoms with Crippen LogP contribution in [0.25, 0.3) is 11.0 Å². The molecule has 0 unspecified atom stereocenters. The molecular weight excluding hydrogens is 522 g/mol. The van der Waals surface area contributed by atoms with Crippen molar-refractivity contribution in [3.63, 3.8) is 0 Å². The molecule has 0 saturated carbocycles. The van der Waals surface area contributed by atoms with Gasteiger partial charge in [-0.15, -0.1) is 0 Å². The third-order valence-electron chi connectivity index (χ3n) is 6.64. The standard InChI is InChI=1S/C29H39NO10/c31-9-3-4-10-38-27-20-22(24-21-39-25-6-2-1-5-23(25)28(24)32)19-26(40-27)29(33)30-7-11-34-13-15-36-17-18-37-16-14-35-12-8-30/h1-2,5-6,19,21-22,27,31H,3-4,7-18,20H2/t22-,27+/m1/s1. The first-order valence-corrected chi connectivity index (χ1v) is 13.9. The molecule has 2 aliphatic heterocycles. The summed E-state index contributed by atoms with van der Waals surface area (Å²) in [6.45, 7) is 4.35. The first-order chi connectivity index (χ1) is 19.7. The quantitative estimate of drug-likeness (QED) is 0.503. The van der Waals surface area contributed by atoms with E-state index in [1.54, 1.807) is 29.2 Å². The summed E-state index contributed by atoms with van der Waals surface area (Å²) in [5, 5.41) is 9.57. The van der Waals surface area contributed by atoms with Crippen molar-refractivity contribution in [2.75, 3.05) is 79.2 Å². The Labute approximate surface area is 233 Å². The second-order valence-corrected chi connectivity index (χ2v) is 9.48. The minimum atomic E-state index is -0.747. The van der Waals surface area contributed by atoms with Gasteiger partial charge in [-0.25, -0.2) is 0 Å². The summed E-state index contributed by atoms with van der Waals surface area (Å²) in [6.07, 6.45) is 3.96. The molecule has 2 aromatic rings. The number of nitrogens with zero attached hydrogens (tertiary/aromatic N) is 1. The van der Waals surface area contributed by atoms with Crippen LogP contribution in [0.15, 0.2) is 51.6 Å². The molecule has 40 heavy (non-hydrogen) atoms. The van der Waals surface area contributed by atoms with Crippen LogP contribution >= 0.6 is 0 Å². The number of carbonyl (C=O) groups excluding carboxylic acids is 1. The van der Waals surface area contributed by atoms with Gasteiger partial charge in [0.25, 0.3) is 5.91 Å². The number of ether oxygens (including phenoxy) is 6. The number of unbranched alkanes of at least 4 members (excludes halogenated alkanes) is 1. The third-order valence-corrected chi connectivity index (χ3v) is 6.64. The van der Waals surface area contributed by atoms with Crippen LogP contribution in [0.2, 0.25) is 0 Å². The van der Waals surface area contributed by atoms with Crippen LogP contribution in [-0.2, 0) is 33.2 Å². The lowest BCUT2D eigenvalue weighted by molar-refractivity contribution is -0.153. The Bertz CT molecular complexity index is 1130. The summed E-state index contributed by atoms with van der Waals surface area (Å²) >= 11 is 0.